The molecule has 0 aromatic rings. The van der Waals surface area contributed by atoms with Gasteiger partial charge >= 0.3 is 5.97 Å². The number of likely N-dealkylation sites (N-methyl/N-ethyl adjacent to an activating group) is 1. The number of hydrogen-bond acceptors (Lipinski definition) is 4. The maximum atomic E-state index is 11.0. The van der Waals surface area contributed by atoms with Gasteiger partial charge in [0.25, 0.3) is 0 Å². The minimum atomic E-state index is -0.522. The molecule has 0 fully saturated rings. The SMILES string of the molecule is C=CC(=O)OCCN(C)C(=O)CC#N. The van der Waals surface area contributed by atoms with E-state index >= 15 is 0 Å². The maximum absolute atomic E-state index is 11.0. The molecule has 0 aromatic heterocycles. The first-order chi connectivity index (χ1) is 6.61. The van der Waals surface area contributed by atoms with Gasteiger partial charge in [0.15, 0.2) is 0 Å². The van der Waals surface area contributed by atoms with Crippen molar-refractivity contribution in [2.45, 2.75) is 6.42 Å². The highest BCUT2D eigenvalue weighted by atomic mass is 16.5. The average Bonchev–Trinajstić information content (AvgIpc) is 2.17. The molecule has 0 rings (SSSR count). The summed E-state index contributed by atoms with van der Waals surface area (Å²) in [6.45, 7) is 3.61. The average molecular weight is 196 g/mol. The van der Waals surface area contributed by atoms with Crippen molar-refractivity contribution >= 4 is 11.9 Å². The Morgan fingerprint density at radius 2 is 2.29 bits per heavy atom. The van der Waals surface area contributed by atoms with E-state index in [9.17, 15) is 9.59 Å². The highest BCUT2D eigenvalue weighted by Crippen LogP contribution is 1.90. The molecule has 14 heavy (non-hydrogen) atoms. The predicted molar refractivity (Wildman–Crippen MR) is 49.0 cm³/mol. The second-order valence-electron chi connectivity index (χ2n) is 2.52. The van der Waals surface area contributed by atoms with E-state index in [1.54, 1.807) is 13.1 Å². The smallest absolute Gasteiger partial charge is 0.330 e. The van der Waals surface area contributed by atoms with E-state index in [4.69, 9.17) is 5.26 Å². The van der Waals surface area contributed by atoms with Crippen molar-refractivity contribution in [3.63, 3.8) is 0 Å². The van der Waals surface area contributed by atoms with Gasteiger partial charge in [0.05, 0.1) is 12.6 Å². The Balaban J connectivity index is 3.69. The summed E-state index contributed by atoms with van der Waals surface area (Å²) in [6.07, 6.45) is 0.892. The third kappa shape index (κ3) is 4.93. The molecule has 0 bridgehead atoms. The van der Waals surface area contributed by atoms with E-state index in [0.717, 1.165) is 6.08 Å². The second kappa shape index (κ2) is 6.66. The first-order valence-corrected chi connectivity index (χ1v) is 4.02. The first-order valence-electron chi connectivity index (χ1n) is 4.02. The minimum absolute atomic E-state index is 0.110. The Labute approximate surface area is 82.6 Å². The fourth-order valence-electron chi connectivity index (χ4n) is 0.669. The third-order valence-electron chi connectivity index (χ3n) is 1.49. The van der Waals surface area contributed by atoms with E-state index in [1.807, 2.05) is 0 Å². The number of rotatable bonds is 5. The summed E-state index contributed by atoms with van der Waals surface area (Å²) in [5.41, 5.74) is 0. The van der Waals surface area contributed by atoms with Crippen LogP contribution in [-0.2, 0) is 14.3 Å². The van der Waals surface area contributed by atoms with Gasteiger partial charge in [0.1, 0.15) is 13.0 Å². The van der Waals surface area contributed by atoms with Crippen molar-refractivity contribution in [1.29, 1.82) is 5.26 Å². The Hall–Kier alpha value is -1.83. The lowest BCUT2D eigenvalue weighted by molar-refractivity contribution is -0.140. The van der Waals surface area contributed by atoms with Crippen LogP contribution in [0.25, 0.3) is 0 Å². The molecule has 0 radical (unpaired) electrons. The molecule has 0 heterocycles. The van der Waals surface area contributed by atoms with Crippen LogP contribution in [0, 0.1) is 11.3 Å². The number of nitrogens with zero attached hydrogens (tertiary/aromatic N) is 2. The van der Waals surface area contributed by atoms with Crippen LogP contribution in [0.15, 0.2) is 12.7 Å². The van der Waals surface area contributed by atoms with E-state index in [-0.39, 0.29) is 25.5 Å². The number of hydrogen-bond donors (Lipinski definition) is 0. The topological polar surface area (TPSA) is 70.4 Å². The largest absolute Gasteiger partial charge is 0.461 e. The number of carbonyl (C=O) groups is 2. The molecule has 0 spiro atoms. The van der Waals surface area contributed by atoms with E-state index in [1.165, 1.54) is 4.90 Å². The fraction of sp³-hybridized carbons (Fsp3) is 0.444. The number of esters is 1. The molecular weight excluding hydrogens is 184 g/mol. The lowest BCUT2D eigenvalue weighted by Gasteiger charge is -2.14. The Morgan fingerprint density at radius 3 is 2.79 bits per heavy atom. The van der Waals surface area contributed by atoms with Crippen LogP contribution in [-0.4, -0.2) is 37.0 Å². The fourth-order valence-corrected chi connectivity index (χ4v) is 0.669. The molecule has 0 aliphatic heterocycles. The zero-order valence-corrected chi connectivity index (χ0v) is 8.02. The van der Waals surface area contributed by atoms with E-state index in [2.05, 4.69) is 11.3 Å². The lowest BCUT2D eigenvalue weighted by Crippen LogP contribution is -2.30. The van der Waals surface area contributed by atoms with Crippen molar-refractivity contribution < 1.29 is 14.3 Å². The van der Waals surface area contributed by atoms with Crippen LogP contribution in [0.1, 0.15) is 6.42 Å². The van der Waals surface area contributed by atoms with E-state index in [0.29, 0.717) is 0 Å². The molecule has 0 aromatic carbocycles. The predicted octanol–water partition coefficient (Wildman–Crippen LogP) is 0.0877. The molecule has 76 valence electrons. The summed E-state index contributed by atoms with van der Waals surface area (Å²) in [5.74, 6) is -0.812. The molecule has 0 N–H and O–H groups in total. The molecular formula is C9H12N2O3. The highest BCUT2D eigenvalue weighted by molar-refractivity contribution is 5.81. The molecule has 0 unspecified atom stereocenters. The van der Waals surface area contributed by atoms with Crippen LogP contribution in [0.4, 0.5) is 0 Å². The van der Waals surface area contributed by atoms with Crippen LogP contribution in [0.3, 0.4) is 0 Å². The van der Waals surface area contributed by atoms with Crippen LogP contribution in [0.5, 0.6) is 0 Å². The molecule has 0 aliphatic carbocycles. The zero-order chi connectivity index (χ0) is 11.0. The maximum Gasteiger partial charge on any atom is 0.330 e. The molecule has 0 atom stereocenters. The summed E-state index contributed by atoms with van der Waals surface area (Å²) < 4.78 is 4.66. The van der Waals surface area contributed by atoms with Gasteiger partial charge in [-0.3, -0.25) is 4.79 Å². The summed E-state index contributed by atoms with van der Waals surface area (Å²) >= 11 is 0. The lowest BCUT2D eigenvalue weighted by atomic mass is 10.4. The van der Waals surface area contributed by atoms with Gasteiger partial charge in [-0.25, -0.2) is 4.79 Å². The quantitative estimate of drug-likeness (QED) is 0.461. The molecule has 0 saturated carbocycles. The monoisotopic (exact) mass is 196 g/mol. The van der Waals surface area contributed by atoms with Crippen molar-refractivity contribution in [1.82, 2.24) is 4.90 Å². The molecule has 5 nitrogen and oxygen atoms in total. The normalized spacial score (nSPS) is 8.57. The number of amides is 1. The molecule has 1 amide bonds. The number of nitriles is 1. The van der Waals surface area contributed by atoms with Crippen molar-refractivity contribution in [2.24, 2.45) is 0 Å². The number of carbonyl (C=O) groups excluding carboxylic acids is 2. The zero-order valence-electron chi connectivity index (χ0n) is 8.02. The summed E-state index contributed by atoms with van der Waals surface area (Å²) in [7, 11) is 1.54. The van der Waals surface area contributed by atoms with Crippen molar-refractivity contribution in [2.75, 3.05) is 20.2 Å². The highest BCUT2D eigenvalue weighted by Gasteiger charge is 2.07. The van der Waals surface area contributed by atoms with Crippen molar-refractivity contribution in [3.05, 3.63) is 12.7 Å². The second-order valence-corrected chi connectivity index (χ2v) is 2.52. The standard InChI is InChI=1S/C9H12N2O3/c1-3-9(13)14-7-6-11(2)8(12)4-5-10/h3H,1,4,6-7H2,2H3. The Morgan fingerprint density at radius 1 is 1.64 bits per heavy atom. The van der Waals surface area contributed by atoms with E-state index < -0.39 is 5.97 Å². The Bertz CT molecular complexity index is 268. The first kappa shape index (κ1) is 12.2. The van der Waals surface area contributed by atoms with Gasteiger partial charge < -0.3 is 9.64 Å². The van der Waals surface area contributed by atoms with Gasteiger partial charge in [0.2, 0.25) is 5.91 Å². The molecule has 0 aliphatic rings. The molecule has 5 heteroatoms. The molecule has 0 saturated heterocycles. The summed E-state index contributed by atoms with van der Waals surface area (Å²) in [4.78, 5) is 23.0. The van der Waals surface area contributed by atoms with Gasteiger partial charge in [-0.1, -0.05) is 6.58 Å². The van der Waals surface area contributed by atoms with Gasteiger partial charge in [0, 0.05) is 13.1 Å². The minimum Gasteiger partial charge on any atom is -0.461 e. The summed E-state index contributed by atoms with van der Waals surface area (Å²) in [5, 5.41) is 8.24. The van der Waals surface area contributed by atoms with Gasteiger partial charge in [-0.2, -0.15) is 5.26 Å². The summed E-state index contributed by atoms with van der Waals surface area (Å²) in [6, 6.07) is 1.74. The van der Waals surface area contributed by atoms with Crippen molar-refractivity contribution in [3.8, 4) is 6.07 Å². The number of ether oxygens (including phenoxy) is 1. The van der Waals surface area contributed by atoms with Crippen LogP contribution in [0.2, 0.25) is 0 Å². The van der Waals surface area contributed by atoms with Gasteiger partial charge in [-0.05, 0) is 0 Å². The van der Waals surface area contributed by atoms with Crippen LogP contribution >= 0.6 is 0 Å². The van der Waals surface area contributed by atoms with Crippen LogP contribution < -0.4 is 0 Å². The Kier molecular flexibility index (Phi) is 5.79. The van der Waals surface area contributed by atoms with Gasteiger partial charge in [-0.15, -0.1) is 0 Å². The third-order valence-corrected chi connectivity index (χ3v) is 1.49.